The maximum Gasteiger partial charge on any atom is 0.298 e. The van der Waals surface area contributed by atoms with E-state index in [1.807, 2.05) is 0 Å². The van der Waals surface area contributed by atoms with E-state index >= 15 is 0 Å². The van der Waals surface area contributed by atoms with E-state index in [4.69, 9.17) is 22.1 Å². The van der Waals surface area contributed by atoms with Gasteiger partial charge in [0.1, 0.15) is 5.82 Å². The second kappa shape index (κ2) is 3.45. The first-order valence-corrected chi connectivity index (χ1v) is 4.84. The first-order valence-electron chi connectivity index (χ1n) is 4.46. The molecule has 84 valence electrons. The van der Waals surface area contributed by atoms with Gasteiger partial charge in [-0.15, -0.1) is 0 Å². The molecule has 2 rings (SSSR count). The maximum absolute atomic E-state index is 13.0. The standard InChI is InChI=1S/C10H8ClFN2O2/c1-10(8(15)14-9(13)16-10)5-2-3-7(12)6(11)4-5/h2-4H,1H3,(H2,13,14,15). The summed E-state index contributed by atoms with van der Waals surface area (Å²) < 4.78 is 18.1. The number of nitrogens with two attached hydrogens (primary N) is 1. The minimum absolute atomic E-state index is 0.0828. The molecule has 0 aromatic heterocycles. The summed E-state index contributed by atoms with van der Waals surface area (Å²) in [6.45, 7) is 1.50. The molecule has 0 bridgehead atoms. The van der Waals surface area contributed by atoms with Crippen LogP contribution in [0.15, 0.2) is 23.2 Å². The molecule has 0 spiro atoms. The summed E-state index contributed by atoms with van der Waals surface area (Å²) in [6, 6.07) is 3.69. The number of amidine groups is 1. The van der Waals surface area contributed by atoms with Crippen LogP contribution >= 0.6 is 11.6 Å². The molecule has 1 aliphatic rings. The van der Waals surface area contributed by atoms with Gasteiger partial charge in [-0.1, -0.05) is 17.7 Å². The van der Waals surface area contributed by atoms with Crippen molar-refractivity contribution in [2.24, 2.45) is 10.7 Å². The lowest BCUT2D eigenvalue weighted by atomic mass is 9.95. The van der Waals surface area contributed by atoms with Crippen molar-refractivity contribution in [2.45, 2.75) is 12.5 Å². The highest BCUT2D eigenvalue weighted by Crippen LogP contribution is 2.32. The zero-order valence-corrected chi connectivity index (χ0v) is 9.08. The molecule has 1 aliphatic heterocycles. The number of carbonyl (C=O) groups excluding carboxylic acids is 1. The molecule has 0 saturated carbocycles. The number of nitrogens with zero attached hydrogens (tertiary/aromatic N) is 1. The van der Waals surface area contributed by atoms with Crippen LogP contribution in [0.4, 0.5) is 4.39 Å². The Labute approximate surface area is 95.9 Å². The molecule has 1 aromatic rings. The van der Waals surface area contributed by atoms with Crippen molar-refractivity contribution >= 4 is 23.5 Å². The van der Waals surface area contributed by atoms with Gasteiger partial charge in [0.05, 0.1) is 5.02 Å². The van der Waals surface area contributed by atoms with Crippen LogP contribution in [0.5, 0.6) is 0 Å². The van der Waals surface area contributed by atoms with Gasteiger partial charge in [0.2, 0.25) is 5.60 Å². The summed E-state index contributed by atoms with van der Waals surface area (Å²) in [7, 11) is 0. The first kappa shape index (κ1) is 10.9. The molecule has 0 fully saturated rings. The SMILES string of the molecule is CC1(c2ccc(F)c(Cl)c2)OC(N)=NC1=O. The van der Waals surface area contributed by atoms with E-state index in [-0.39, 0.29) is 11.0 Å². The third-order valence-electron chi connectivity index (χ3n) is 2.40. The minimum atomic E-state index is -1.32. The largest absolute Gasteiger partial charge is 0.444 e. The Morgan fingerprint density at radius 1 is 1.56 bits per heavy atom. The zero-order chi connectivity index (χ0) is 11.9. The van der Waals surface area contributed by atoms with Crippen molar-refractivity contribution in [1.29, 1.82) is 0 Å². The number of ether oxygens (including phenoxy) is 1. The molecule has 4 nitrogen and oxygen atoms in total. The molecule has 1 unspecified atom stereocenters. The fraction of sp³-hybridized carbons (Fsp3) is 0.200. The predicted octanol–water partition coefficient (Wildman–Crippen LogP) is 1.57. The highest BCUT2D eigenvalue weighted by molar-refractivity contribution is 6.30. The Kier molecular flexibility index (Phi) is 2.35. The van der Waals surface area contributed by atoms with Crippen LogP contribution in [0.3, 0.4) is 0 Å². The van der Waals surface area contributed by atoms with Gasteiger partial charge in [0.25, 0.3) is 11.9 Å². The number of benzene rings is 1. The molecular formula is C10H8ClFN2O2. The Morgan fingerprint density at radius 2 is 2.25 bits per heavy atom. The number of hydrogen-bond acceptors (Lipinski definition) is 3. The van der Waals surface area contributed by atoms with Crippen molar-refractivity contribution < 1.29 is 13.9 Å². The second-order valence-electron chi connectivity index (χ2n) is 3.52. The fourth-order valence-corrected chi connectivity index (χ4v) is 1.64. The third kappa shape index (κ3) is 1.53. The monoisotopic (exact) mass is 242 g/mol. The van der Waals surface area contributed by atoms with Crippen LogP contribution in [-0.2, 0) is 15.1 Å². The molecular weight excluding hydrogens is 235 g/mol. The van der Waals surface area contributed by atoms with Gasteiger partial charge >= 0.3 is 0 Å². The molecule has 1 aromatic carbocycles. The summed E-state index contributed by atoms with van der Waals surface area (Å²) in [5.41, 5.74) is 4.40. The third-order valence-corrected chi connectivity index (χ3v) is 2.69. The van der Waals surface area contributed by atoms with Crippen LogP contribution in [0.2, 0.25) is 5.02 Å². The molecule has 6 heteroatoms. The predicted molar refractivity (Wildman–Crippen MR) is 56.5 cm³/mol. The van der Waals surface area contributed by atoms with Gasteiger partial charge in [-0.3, -0.25) is 4.79 Å². The quantitative estimate of drug-likeness (QED) is 0.813. The Morgan fingerprint density at radius 3 is 2.75 bits per heavy atom. The van der Waals surface area contributed by atoms with Gasteiger partial charge in [0, 0.05) is 5.56 Å². The van der Waals surface area contributed by atoms with Gasteiger partial charge < -0.3 is 10.5 Å². The highest BCUT2D eigenvalue weighted by Gasteiger charge is 2.43. The molecule has 1 heterocycles. The number of hydrogen-bond donors (Lipinski definition) is 1. The van der Waals surface area contributed by atoms with Crippen LogP contribution in [0, 0.1) is 5.82 Å². The summed E-state index contributed by atoms with van der Waals surface area (Å²) in [5.74, 6) is -1.10. The lowest BCUT2D eigenvalue weighted by Crippen LogP contribution is -2.32. The Balaban J connectivity index is 2.45. The maximum atomic E-state index is 13.0. The fourth-order valence-electron chi connectivity index (χ4n) is 1.46. The van der Waals surface area contributed by atoms with E-state index in [0.717, 1.165) is 6.07 Å². The molecule has 2 N–H and O–H groups in total. The van der Waals surface area contributed by atoms with E-state index in [1.165, 1.54) is 19.1 Å². The normalized spacial score (nSPS) is 24.2. The summed E-state index contributed by atoms with van der Waals surface area (Å²) in [4.78, 5) is 15.0. The molecule has 16 heavy (non-hydrogen) atoms. The van der Waals surface area contributed by atoms with Gasteiger partial charge in [-0.25, -0.2) is 4.39 Å². The first-order chi connectivity index (χ1) is 7.43. The van der Waals surface area contributed by atoms with Crippen molar-refractivity contribution in [3.8, 4) is 0 Å². The number of halogens is 2. The van der Waals surface area contributed by atoms with Crippen LogP contribution in [-0.4, -0.2) is 11.9 Å². The van der Waals surface area contributed by atoms with Crippen molar-refractivity contribution in [3.05, 3.63) is 34.6 Å². The van der Waals surface area contributed by atoms with Gasteiger partial charge in [-0.2, -0.15) is 4.99 Å². The molecule has 1 atom stereocenters. The van der Waals surface area contributed by atoms with Gasteiger partial charge in [0.15, 0.2) is 0 Å². The summed E-state index contributed by atoms with van der Waals surface area (Å²) >= 11 is 5.63. The van der Waals surface area contributed by atoms with Crippen molar-refractivity contribution in [2.75, 3.05) is 0 Å². The van der Waals surface area contributed by atoms with Crippen molar-refractivity contribution in [1.82, 2.24) is 0 Å². The average molecular weight is 243 g/mol. The number of carbonyl (C=O) groups is 1. The van der Waals surface area contributed by atoms with E-state index in [2.05, 4.69) is 4.99 Å². The molecule has 0 aliphatic carbocycles. The topological polar surface area (TPSA) is 64.7 Å². The van der Waals surface area contributed by atoms with E-state index in [1.54, 1.807) is 0 Å². The smallest absolute Gasteiger partial charge is 0.298 e. The van der Waals surface area contributed by atoms with Crippen LogP contribution in [0.1, 0.15) is 12.5 Å². The second-order valence-corrected chi connectivity index (χ2v) is 3.93. The molecule has 0 saturated heterocycles. The zero-order valence-electron chi connectivity index (χ0n) is 8.33. The number of aliphatic imine (C=N–C) groups is 1. The van der Waals surface area contributed by atoms with E-state index < -0.39 is 17.3 Å². The van der Waals surface area contributed by atoms with Crippen molar-refractivity contribution in [3.63, 3.8) is 0 Å². The molecule has 0 radical (unpaired) electrons. The number of rotatable bonds is 1. The molecule has 1 amide bonds. The lowest BCUT2D eigenvalue weighted by Gasteiger charge is -2.21. The summed E-state index contributed by atoms with van der Waals surface area (Å²) in [5, 5.41) is -0.0828. The van der Waals surface area contributed by atoms with E-state index in [0.29, 0.717) is 5.56 Å². The van der Waals surface area contributed by atoms with Crippen LogP contribution in [0.25, 0.3) is 0 Å². The average Bonchev–Trinajstić information content (AvgIpc) is 2.46. The lowest BCUT2D eigenvalue weighted by molar-refractivity contribution is -0.130. The Bertz CT molecular complexity index is 504. The van der Waals surface area contributed by atoms with Gasteiger partial charge in [-0.05, 0) is 19.1 Å². The summed E-state index contributed by atoms with van der Waals surface area (Å²) in [6.07, 6.45) is 0. The van der Waals surface area contributed by atoms with E-state index in [9.17, 15) is 9.18 Å². The number of amides is 1. The highest BCUT2D eigenvalue weighted by atomic mass is 35.5. The van der Waals surface area contributed by atoms with Crippen LogP contribution < -0.4 is 5.73 Å². The Hall–Kier alpha value is -1.62. The minimum Gasteiger partial charge on any atom is -0.444 e.